The fraction of sp³-hybridized carbons (Fsp3) is 0.733. The normalized spacial score (nSPS) is 17.9. The molecule has 1 saturated heterocycles. The van der Waals surface area contributed by atoms with E-state index in [2.05, 4.69) is 29.0 Å². The Balaban J connectivity index is 1.74. The monoisotopic (exact) mass is 311 g/mol. The minimum atomic E-state index is 0.0522. The van der Waals surface area contributed by atoms with Gasteiger partial charge in [0.15, 0.2) is 0 Å². The highest BCUT2D eigenvalue weighted by Gasteiger charge is 2.16. The zero-order valence-electron chi connectivity index (χ0n) is 13.1. The van der Waals surface area contributed by atoms with Gasteiger partial charge >= 0.3 is 0 Å². The summed E-state index contributed by atoms with van der Waals surface area (Å²) in [6, 6.07) is 0.152. The number of nitrogens with one attached hydrogen (secondary N) is 1. The van der Waals surface area contributed by atoms with Gasteiger partial charge in [-0.05, 0) is 6.92 Å². The molecule has 0 bridgehead atoms. The van der Waals surface area contributed by atoms with Gasteiger partial charge in [-0.3, -0.25) is 9.69 Å². The van der Waals surface area contributed by atoms with Crippen LogP contribution in [-0.2, 0) is 16.0 Å². The Hall–Kier alpha value is -0.980. The van der Waals surface area contributed by atoms with E-state index in [-0.39, 0.29) is 11.9 Å². The number of thiazole rings is 1. The second-order valence-electron chi connectivity index (χ2n) is 5.89. The highest BCUT2D eigenvalue weighted by atomic mass is 32.1. The van der Waals surface area contributed by atoms with E-state index in [1.807, 2.05) is 12.3 Å². The molecule has 1 aromatic heterocycles. The minimum Gasteiger partial charge on any atom is -0.379 e. The van der Waals surface area contributed by atoms with Gasteiger partial charge < -0.3 is 10.1 Å². The third-order valence-corrected chi connectivity index (χ3v) is 4.64. The van der Waals surface area contributed by atoms with Gasteiger partial charge in [-0.1, -0.05) is 13.8 Å². The van der Waals surface area contributed by atoms with Crippen molar-refractivity contribution in [1.29, 1.82) is 0 Å². The van der Waals surface area contributed by atoms with Gasteiger partial charge in [-0.15, -0.1) is 11.3 Å². The van der Waals surface area contributed by atoms with Crippen LogP contribution in [0.1, 0.15) is 37.4 Å². The van der Waals surface area contributed by atoms with Crippen LogP contribution in [-0.4, -0.2) is 54.7 Å². The molecular formula is C15H25N3O2S. The average Bonchev–Trinajstić information content (AvgIpc) is 2.88. The standard InChI is InChI=1S/C15H25N3O2S/c1-11(2)15-17-13(10-21-15)8-14(19)16-12(3)9-18-4-6-20-7-5-18/h10-12H,4-9H2,1-3H3,(H,16,19). The first-order chi connectivity index (χ1) is 10.0. The molecule has 1 N–H and O–H groups in total. The van der Waals surface area contributed by atoms with Gasteiger partial charge in [-0.2, -0.15) is 0 Å². The Bertz CT molecular complexity index is 456. The molecule has 0 spiro atoms. The summed E-state index contributed by atoms with van der Waals surface area (Å²) in [7, 11) is 0. The molecule has 6 heteroatoms. The molecule has 0 saturated carbocycles. The predicted octanol–water partition coefficient (Wildman–Crippen LogP) is 1.65. The van der Waals surface area contributed by atoms with E-state index < -0.39 is 0 Å². The highest BCUT2D eigenvalue weighted by molar-refractivity contribution is 7.09. The molecule has 1 aliphatic rings. The highest BCUT2D eigenvalue weighted by Crippen LogP contribution is 2.19. The maximum absolute atomic E-state index is 12.1. The number of morpholine rings is 1. The Morgan fingerprint density at radius 1 is 1.43 bits per heavy atom. The smallest absolute Gasteiger partial charge is 0.226 e. The SMILES string of the molecule is CC(CN1CCOCC1)NC(=O)Cc1csc(C(C)C)n1. The lowest BCUT2D eigenvalue weighted by atomic mass is 10.2. The number of hydrogen-bond donors (Lipinski definition) is 1. The Morgan fingerprint density at radius 3 is 2.76 bits per heavy atom. The van der Waals surface area contributed by atoms with Crippen molar-refractivity contribution in [3.05, 3.63) is 16.1 Å². The largest absolute Gasteiger partial charge is 0.379 e. The van der Waals surface area contributed by atoms with Crippen molar-refractivity contribution in [3.8, 4) is 0 Å². The molecule has 0 aromatic carbocycles. The summed E-state index contributed by atoms with van der Waals surface area (Å²) < 4.78 is 5.33. The number of carbonyl (C=O) groups is 1. The van der Waals surface area contributed by atoms with Crippen molar-refractivity contribution in [2.75, 3.05) is 32.8 Å². The van der Waals surface area contributed by atoms with Crippen LogP contribution >= 0.6 is 11.3 Å². The molecule has 5 nitrogen and oxygen atoms in total. The molecule has 2 heterocycles. The average molecular weight is 311 g/mol. The van der Waals surface area contributed by atoms with Gasteiger partial charge in [0, 0.05) is 37.0 Å². The van der Waals surface area contributed by atoms with Crippen LogP contribution in [0.4, 0.5) is 0 Å². The molecule has 1 atom stereocenters. The lowest BCUT2D eigenvalue weighted by molar-refractivity contribution is -0.121. The topological polar surface area (TPSA) is 54.5 Å². The number of aromatic nitrogens is 1. The molecule has 118 valence electrons. The third-order valence-electron chi connectivity index (χ3n) is 3.45. The van der Waals surface area contributed by atoms with Gasteiger partial charge in [0.2, 0.25) is 5.91 Å². The summed E-state index contributed by atoms with van der Waals surface area (Å²) in [5.74, 6) is 0.475. The molecule has 1 aromatic rings. The van der Waals surface area contributed by atoms with Crippen molar-refractivity contribution in [1.82, 2.24) is 15.2 Å². The third kappa shape index (κ3) is 5.37. The minimum absolute atomic E-state index is 0.0522. The lowest BCUT2D eigenvalue weighted by Gasteiger charge is -2.29. The zero-order chi connectivity index (χ0) is 15.2. The second kappa shape index (κ2) is 7.87. The van der Waals surface area contributed by atoms with Gasteiger partial charge in [0.05, 0.1) is 30.3 Å². The summed E-state index contributed by atoms with van der Waals surface area (Å²) in [6.45, 7) is 10.6. The van der Waals surface area contributed by atoms with E-state index in [1.165, 1.54) is 0 Å². The van der Waals surface area contributed by atoms with Gasteiger partial charge in [-0.25, -0.2) is 4.98 Å². The maximum atomic E-state index is 12.1. The van der Waals surface area contributed by atoms with Crippen LogP contribution in [0.2, 0.25) is 0 Å². The van der Waals surface area contributed by atoms with Gasteiger partial charge in [0.1, 0.15) is 0 Å². The van der Waals surface area contributed by atoms with E-state index in [1.54, 1.807) is 11.3 Å². The fourth-order valence-electron chi connectivity index (χ4n) is 2.38. The number of hydrogen-bond acceptors (Lipinski definition) is 5. The molecule has 2 rings (SSSR count). The van der Waals surface area contributed by atoms with Crippen molar-refractivity contribution in [3.63, 3.8) is 0 Å². The van der Waals surface area contributed by atoms with Crippen molar-refractivity contribution >= 4 is 17.2 Å². The Kier molecular flexibility index (Phi) is 6.14. The summed E-state index contributed by atoms with van der Waals surface area (Å²) >= 11 is 1.63. The number of amides is 1. The summed E-state index contributed by atoms with van der Waals surface area (Å²) in [6.07, 6.45) is 0.372. The molecule has 1 fully saturated rings. The van der Waals surface area contributed by atoms with Gasteiger partial charge in [0.25, 0.3) is 0 Å². The van der Waals surface area contributed by atoms with Crippen molar-refractivity contribution in [2.45, 2.75) is 39.2 Å². The van der Waals surface area contributed by atoms with Crippen LogP contribution in [0, 0.1) is 0 Å². The molecule has 21 heavy (non-hydrogen) atoms. The first-order valence-electron chi connectivity index (χ1n) is 7.58. The van der Waals surface area contributed by atoms with Crippen LogP contribution in [0.3, 0.4) is 0 Å². The molecular weight excluding hydrogens is 286 g/mol. The molecule has 1 amide bonds. The molecule has 0 aliphatic carbocycles. The Labute approximate surface area is 130 Å². The first-order valence-corrected chi connectivity index (χ1v) is 8.46. The van der Waals surface area contributed by atoms with Crippen LogP contribution in [0.15, 0.2) is 5.38 Å². The molecule has 0 radical (unpaired) electrons. The zero-order valence-corrected chi connectivity index (χ0v) is 13.9. The van der Waals surface area contributed by atoms with E-state index in [0.717, 1.165) is 43.5 Å². The summed E-state index contributed by atoms with van der Waals surface area (Å²) in [5, 5.41) is 6.14. The van der Waals surface area contributed by atoms with Crippen LogP contribution < -0.4 is 5.32 Å². The van der Waals surface area contributed by atoms with Crippen LogP contribution in [0.25, 0.3) is 0 Å². The van der Waals surface area contributed by atoms with E-state index in [9.17, 15) is 4.79 Å². The van der Waals surface area contributed by atoms with Crippen molar-refractivity contribution in [2.24, 2.45) is 0 Å². The van der Waals surface area contributed by atoms with E-state index in [0.29, 0.717) is 12.3 Å². The molecule has 1 aliphatic heterocycles. The predicted molar refractivity (Wildman–Crippen MR) is 84.8 cm³/mol. The number of rotatable bonds is 6. The van der Waals surface area contributed by atoms with Crippen molar-refractivity contribution < 1.29 is 9.53 Å². The fourth-order valence-corrected chi connectivity index (χ4v) is 3.21. The number of nitrogens with zero attached hydrogens (tertiary/aromatic N) is 2. The maximum Gasteiger partial charge on any atom is 0.226 e. The van der Waals surface area contributed by atoms with Crippen LogP contribution in [0.5, 0.6) is 0 Å². The number of carbonyl (C=O) groups excluding carboxylic acids is 1. The quantitative estimate of drug-likeness (QED) is 0.868. The second-order valence-corrected chi connectivity index (χ2v) is 6.78. The Morgan fingerprint density at radius 2 is 2.14 bits per heavy atom. The van der Waals surface area contributed by atoms with E-state index in [4.69, 9.17) is 4.74 Å². The summed E-state index contributed by atoms with van der Waals surface area (Å²) in [4.78, 5) is 18.9. The lowest BCUT2D eigenvalue weighted by Crippen LogP contribution is -2.46. The summed E-state index contributed by atoms with van der Waals surface area (Å²) in [5.41, 5.74) is 0.875. The molecule has 1 unspecified atom stereocenters. The number of ether oxygens (including phenoxy) is 1. The first kappa shape index (κ1) is 16.4. The van der Waals surface area contributed by atoms with E-state index >= 15 is 0 Å².